The Hall–Kier alpha value is -0.160. The minimum Gasteiger partial charge on any atom is -0.389 e. The number of aliphatic hydroxyl groups excluding tert-OH is 3. The molecule has 2 aliphatic heterocycles. The van der Waals surface area contributed by atoms with E-state index in [2.05, 4.69) is 5.32 Å². The molecule has 0 aliphatic carbocycles. The molecule has 4 nitrogen and oxygen atoms in total. The van der Waals surface area contributed by atoms with Gasteiger partial charge in [0, 0.05) is 12.1 Å². The lowest BCUT2D eigenvalue weighted by Gasteiger charge is -2.35. The van der Waals surface area contributed by atoms with Gasteiger partial charge in [0.05, 0.1) is 12.2 Å². The fourth-order valence-corrected chi connectivity index (χ4v) is 2.02. The minimum absolute atomic E-state index is 0.0154. The molecular formula is C7H13NO3. The summed E-state index contributed by atoms with van der Waals surface area (Å²) in [6, 6.07) is -0.0307. The SMILES string of the molecule is OC1C2CCC(N2)C(O)C1O. The lowest BCUT2D eigenvalue weighted by Crippen LogP contribution is -2.60. The van der Waals surface area contributed by atoms with Crippen LogP contribution in [-0.4, -0.2) is 45.7 Å². The van der Waals surface area contributed by atoms with Crippen molar-refractivity contribution >= 4 is 0 Å². The highest BCUT2D eigenvalue weighted by atomic mass is 16.4. The average molecular weight is 159 g/mol. The van der Waals surface area contributed by atoms with Crippen LogP contribution in [0, 0.1) is 0 Å². The van der Waals surface area contributed by atoms with E-state index in [-0.39, 0.29) is 12.1 Å². The fraction of sp³-hybridized carbons (Fsp3) is 1.00. The third-order valence-corrected chi connectivity index (χ3v) is 2.74. The van der Waals surface area contributed by atoms with Gasteiger partial charge in [-0.1, -0.05) is 0 Å². The summed E-state index contributed by atoms with van der Waals surface area (Å²) in [6.07, 6.45) is -0.874. The van der Waals surface area contributed by atoms with Gasteiger partial charge in [-0.15, -0.1) is 0 Å². The van der Waals surface area contributed by atoms with Gasteiger partial charge in [0.1, 0.15) is 6.10 Å². The summed E-state index contributed by atoms with van der Waals surface area (Å²) in [5.74, 6) is 0. The molecule has 4 atom stereocenters. The third kappa shape index (κ3) is 0.980. The molecule has 2 fully saturated rings. The van der Waals surface area contributed by atoms with E-state index in [0.717, 1.165) is 12.8 Å². The summed E-state index contributed by atoms with van der Waals surface area (Å²) in [7, 11) is 0. The summed E-state index contributed by atoms with van der Waals surface area (Å²) >= 11 is 0. The first-order valence-electron chi connectivity index (χ1n) is 4.00. The molecule has 11 heavy (non-hydrogen) atoms. The van der Waals surface area contributed by atoms with Crippen LogP contribution in [0.25, 0.3) is 0 Å². The molecule has 4 heteroatoms. The highest BCUT2D eigenvalue weighted by Gasteiger charge is 2.45. The molecule has 0 aromatic carbocycles. The Kier molecular flexibility index (Phi) is 1.64. The van der Waals surface area contributed by atoms with E-state index in [1.54, 1.807) is 0 Å². The van der Waals surface area contributed by atoms with Gasteiger partial charge < -0.3 is 20.6 Å². The monoisotopic (exact) mass is 159 g/mol. The smallest absolute Gasteiger partial charge is 0.109 e. The molecule has 64 valence electrons. The molecule has 2 rings (SSSR count). The molecule has 0 aromatic heterocycles. The van der Waals surface area contributed by atoms with Crippen LogP contribution in [0.3, 0.4) is 0 Å². The lowest BCUT2D eigenvalue weighted by atomic mass is 9.97. The first-order chi connectivity index (χ1) is 5.20. The minimum atomic E-state index is -0.964. The molecule has 2 heterocycles. The number of nitrogens with one attached hydrogen (secondary N) is 1. The van der Waals surface area contributed by atoms with Gasteiger partial charge in [-0.3, -0.25) is 0 Å². The second kappa shape index (κ2) is 2.42. The van der Waals surface area contributed by atoms with Crippen molar-refractivity contribution in [2.45, 2.75) is 43.2 Å². The zero-order valence-corrected chi connectivity index (χ0v) is 6.14. The number of aliphatic hydroxyl groups is 3. The highest BCUT2D eigenvalue weighted by Crippen LogP contribution is 2.27. The number of fused-ring (bicyclic) bond motifs is 2. The van der Waals surface area contributed by atoms with Crippen molar-refractivity contribution in [1.29, 1.82) is 0 Å². The summed E-state index contributed by atoms with van der Waals surface area (Å²) in [6.45, 7) is 0. The molecule has 0 amide bonds. The van der Waals surface area contributed by atoms with Gasteiger partial charge in [-0.2, -0.15) is 0 Å². The van der Waals surface area contributed by atoms with E-state index in [1.807, 2.05) is 0 Å². The summed E-state index contributed by atoms with van der Waals surface area (Å²) in [4.78, 5) is 0. The van der Waals surface area contributed by atoms with Gasteiger partial charge in [0.2, 0.25) is 0 Å². The summed E-state index contributed by atoms with van der Waals surface area (Å²) in [5.41, 5.74) is 0. The van der Waals surface area contributed by atoms with Crippen LogP contribution in [0.15, 0.2) is 0 Å². The highest BCUT2D eigenvalue weighted by molar-refractivity contribution is 5.03. The third-order valence-electron chi connectivity index (χ3n) is 2.74. The Morgan fingerprint density at radius 3 is 1.73 bits per heavy atom. The van der Waals surface area contributed by atoms with Crippen molar-refractivity contribution < 1.29 is 15.3 Å². The maximum Gasteiger partial charge on any atom is 0.109 e. The molecule has 0 radical (unpaired) electrons. The molecule has 4 unspecified atom stereocenters. The van der Waals surface area contributed by atoms with Crippen molar-refractivity contribution in [3.05, 3.63) is 0 Å². The predicted molar refractivity (Wildman–Crippen MR) is 38.0 cm³/mol. The molecule has 4 N–H and O–H groups in total. The Bertz CT molecular complexity index is 144. The second-order valence-electron chi connectivity index (χ2n) is 3.43. The van der Waals surface area contributed by atoms with Crippen molar-refractivity contribution in [2.75, 3.05) is 0 Å². The second-order valence-corrected chi connectivity index (χ2v) is 3.43. The molecule has 0 spiro atoms. The molecule has 0 aromatic rings. The Labute approximate surface area is 64.8 Å². The molecule has 2 bridgehead atoms. The molecule has 0 saturated carbocycles. The van der Waals surface area contributed by atoms with Crippen LogP contribution in [0.4, 0.5) is 0 Å². The Morgan fingerprint density at radius 1 is 0.818 bits per heavy atom. The number of rotatable bonds is 0. The maximum absolute atomic E-state index is 9.36. The van der Waals surface area contributed by atoms with Crippen molar-refractivity contribution in [3.63, 3.8) is 0 Å². The van der Waals surface area contributed by atoms with Gasteiger partial charge in [-0.25, -0.2) is 0 Å². The lowest BCUT2D eigenvalue weighted by molar-refractivity contribution is -0.0973. The molecule has 2 aliphatic rings. The van der Waals surface area contributed by atoms with Gasteiger partial charge in [0.25, 0.3) is 0 Å². The zero-order valence-electron chi connectivity index (χ0n) is 6.14. The van der Waals surface area contributed by atoms with Crippen LogP contribution >= 0.6 is 0 Å². The van der Waals surface area contributed by atoms with Gasteiger partial charge in [-0.05, 0) is 12.8 Å². The predicted octanol–water partition coefficient (Wildman–Crippen LogP) is -1.80. The topological polar surface area (TPSA) is 72.7 Å². The summed E-state index contributed by atoms with van der Waals surface area (Å²) in [5, 5.41) is 31.1. The van der Waals surface area contributed by atoms with Crippen LogP contribution in [0.1, 0.15) is 12.8 Å². The van der Waals surface area contributed by atoms with Crippen molar-refractivity contribution in [1.82, 2.24) is 5.32 Å². The zero-order chi connectivity index (χ0) is 8.01. The van der Waals surface area contributed by atoms with Crippen LogP contribution in [-0.2, 0) is 0 Å². The van der Waals surface area contributed by atoms with E-state index >= 15 is 0 Å². The molecule has 2 saturated heterocycles. The van der Waals surface area contributed by atoms with E-state index in [4.69, 9.17) is 0 Å². The normalized spacial score (nSPS) is 56.5. The first-order valence-corrected chi connectivity index (χ1v) is 4.00. The van der Waals surface area contributed by atoms with Crippen LogP contribution in [0.5, 0.6) is 0 Å². The Morgan fingerprint density at radius 2 is 1.27 bits per heavy atom. The number of piperidine rings is 1. The van der Waals surface area contributed by atoms with E-state index in [0.29, 0.717) is 0 Å². The van der Waals surface area contributed by atoms with Crippen molar-refractivity contribution in [2.24, 2.45) is 0 Å². The Balaban J connectivity index is 2.16. The van der Waals surface area contributed by atoms with E-state index in [1.165, 1.54) is 0 Å². The van der Waals surface area contributed by atoms with E-state index < -0.39 is 18.3 Å². The van der Waals surface area contributed by atoms with E-state index in [9.17, 15) is 15.3 Å². The van der Waals surface area contributed by atoms with Crippen LogP contribution in [0.2, 0.25) is 0 Å². The first kappa shape index (κ1) is 7.49. The number of hydrogen-bond donors (Lipinski definition) is 4. The van der Waals surface area contributed by atoms with Gasteiger partial charge >= 0.3 is 0 Å². The standard InChI is InChI=1S/C7H13NO3/c9-5-3-1-2-4(8-3)6(10)7(5)11/h3-11H,1-2H2. The van der Waals surface area contributed by atoms with Crippen LogP contribution < -0.4 is 5.32 Å². The number of hydrogen-bond acceptors (Lipinski definition) is 4. The van der Waals surface area contributed by atoms with Crippen molar-refractivity contribution in [3.8, 4) is 0 Å². The largest absolute Gasteiger partial charge is 0.389 e. The fourth-order valence-electron chi connectivity index (χ4n) is 2.02. The van der Waals surface area contributed by atoms with Gasteiger partial charge in [0.15, 0.2) is 0 Å². The average Bonchev–Trinajstić information content (AvgIpc) is 2.44. The quantitative estimate of drug-likeness (QED) is 0.336. The maximum atomic E-state index is 9.36. The summed E-state index contributed by atoms with van der Waals surface area (Å²) < 4.78 is 0. The molecular weight excluding hydrogens is 146 g/mol.